The smallest absolute Gasteiger partial charge is 0.162 e. The van der Waals surface area contributed by atoms with Gasteiger partial charge in [0, 0.05) is 12.0 Å². The van der Waals surface area contributed by atoms with E-state index in [9.17, 15) is 4.79 Å². The molecule has 0 aliphatic carbocycles. The summed E-state index contributed by atoms with van der Waals surface area (Å²) in [5.41, 5.74) is 0.648. The van der Waals surface area contributed by atoms with Crippen molar-refractivity contribution >= 4 is 17.4 Å². The van der Waals surface area contributed by atoms with Gasteiger partial charge in [0.15, 0.2) is 5.78 Å². The maximum Gasteiger partial charge on any atom is 0.162 e. The average Bonchev–Trinajstić information content (AvgIpc) is 2.30. The van der Waals surface area contributed by atoms with Gasteiger partial charge in [-0.15, -0.1) is 0 Å². The molecular weight excluding hydrogens is 224 g/mol. The average molecular weight is 241 g/mol. The van der Waals surface area contributed by atoms with Crippen LogP contribution in [-0.2, 0) is 0 Å². The number of carbonyl (C=O) groups excluding carboxylic acids is 1. The molecule has 1 aromatic carbocycles. The van der Waals surface area contributed by atoms with Crippen molar-refractivity contribution in [3.8, 4) is 5.75 Å². The van der Waals surface area contributed by atoms with E-state index in [0.29, 0.717) is 29.4 Å². The Hall–Kier alpha value is -1.02. The van der Waals surface area contributed by atoms with Gasteiger partial charge >= 0.3 is 0 Å². The van der Waals surface area contributed by atoms with Crippen LogP contribution in [0.1, 0.15) is 43.5 Å². The van der Waals surface area contributed by atoms with Gasteiger partial charge in [0.1, 0.15) is 5.75 Å². The van der Waals surface area contributed by atoms with Crippen molar-refractivity contribution in [3.63, 3.8) is 0 Å². The summed E-state index contributed by atoms with van der Waals surface area (Å²) in [6, 6.07) is 5.20. The van der Waals surface area contributed by atoms with Gasteiger partial charge in [-0.2, -0.15) is 0 Å². The zero-order valence-corrected chi connectivity index (χ0v) is 10.5. The van der Waals surface area contributed by atoms with Crippen molar-refractivity contribution < 1.29 is 9.53 Å². The van der Waals surface area contributed by atoms with Crippen molar-refractivity contribution in [3.05, 3.63) is 28.8 Å². The van der Waals surface area contributed by atoms with Gasteiger partial charge in [-0.25, -0.2) is 0 Å². The zero-order chi connectivity index (χ0) is 12.0. The number of unbranched alkanes of at least 4 members (excludes halogenated alkanes) is 1. The van der Waals surface area contributed by atoms with Gasteiger partial charge in [-0.1, -0.05) is 31.9 Å². The summed E-state index contributed by atoms with van der Waals surface area (Å²) in [4.78, 5) is 11.4. The highest BCUT2D eigenvalue weighted by molar-refractivity contribution is 6.32. The van der Waals surface area contributed by atoms with Crippen LogP contribution in [0.15, 0.2) is 18.2 Å². The third kappa shape index (κ3) is 3.53. The number of Topliss-reactive ketones (excluding diaryl/α,β-unsaturated/α-hetero) is 1. The second-order valence-corrected chi connectivity index (χ2v) is 4.03. The molecule has 0 atom stereocenters. The van der Waals surface area contributed by atoms with Crippen LogP contribution in [0.2, 0.25) is 5.02 Å². The van der Waals surface area contributed by atoms with Crippen LogP contribution in [0.3, 0.4) is 0 Å². The number of hydrogen-bond donors (Lipinski definition) is 0. The predicted octanol–water partition coefficient (Wildman–Crippen LogP) is 4.11. The first-order valence-electron chi connectivity index (χ1n) is 5.64. The van der Waals surface area contributed by atoms with Crippen LogP contribution in [0, 0.1) is 0 Å². The van der Waals surface area contributed by atoms with Crippen LogP contribution < -0.4 is 4.74 Å². The lowest BCUT2D eigenvalue weighted by molar-refractivity contribution is 0.0988. The highest BCUT2D eigenvalue weighted by atomic mass is 35.5. The largest absolute Gasteiger partial charge is 0.492 e. The Balaban J connectivity index is 2.71. The highest BCUT2D eigenvalue weighted by Crippen LogP contribution is 2.26. The van der Waals surface area contributed by atoms with E-state index in [1.165, 1.54) is 0 Å². The third-order valence-corrected chi connectivity index (χ3v) is 2.63. The van der Waals surface area contributed by atoms with Gasteiger partial charge < -0.3 is 4.74 Å². The van der Waals surface area contributed by atoms with E-state index in [1.807, 2.05) is 6.92 Å². The van der Waals surface area contributed by atoms with E-state index in [-0.39, 0.29) is 5.78 Å². The van der Waals surface area contributed by atoms with E-state index in [2.05, 4.69) is 6.92 Å². The van der Waals surface area contributed by atoms with E-state index in [1.54, 1.807) is 18.2 Å². The second kappa shape index (κ2) is 6.54. The Labute approximate surface area is 102 Å². The molecule has 0 heterocycles. The molecule has 88 valence electrons. The Morgan fingerprint density at radius 1 is 1.38 bits per heavy atom. The molecule has 2 nitrogen and oxygen atoms in total. The van der Waals surface area contributed by atoms with Crippen LogP contribution in [0.5, 0.6) is 5.75 Å². The molecule has 0 bridgehead atoms. The van der Waals surface area contributed by atoms with Crippen molar-refractivity contribution in [1.29, 1.82) is 0 Å². The Kier molecular flexibility index (Phi) is 5.33. The number of ketones is 1. The highest BCUT2D eigenvalue weighted by Gasteiger charge is 2.07. The summed E-state index contributed by atoms with van der Waals surface area (Å²) in [7, 11) is 0. The Bertz CT molecular complexity index is 361. The molecule has 0 radical (unpaired) electrons. The van der Waals surface area contributed by atoms with E-state index < -0.39 is 0 Å². The molecule has 0 N–H and O–H groups in total. The topological polar surface area (TPSA) is 26.3 Å². The minimum atomic E-state index is 0.0991. The van der Waals surface area contributed by atoms with Crippen molar-refractivity contribution in [1.82, 2.24) is 0 Å². The Morgan fingerprint density at radius 2 is 2.12 bits per heavy atom. The molecule has 16 heavy (non-hydrogen) atoms. The number of benzene rings is 1. The minimum Gasteiger partial charge on any atom is -0.492 e. The molecule has 0 fully saturated rings. The monoisotopic (exact) mass is 240 g/mol. The summed E-state index contributed by atoms with van der Waals surface area (Å²) in [5.74, 6) is 0.754. The molecular formula is C13H17ClO2. The fourth-order valence-corrected chi connectivity index (χ4v) is 1.56. The van der Waals surface area contributed by atoms with Crippen molar-refractivity contribution in [2.75, 3.05) is 6.61 Å². The fraction of sp³-hybridized carbons (Fsp3) is 0.462. The minimum absolute atomic E-state index is 0.0991. The standard InChI is InChI=1S/C13H17ClO2/c1-3-5-8-16-13-7-6-10(9-11(13)14)12(15)4-2/h6-7,9H,3-5,8H2,1-2H3. The van der Waals surface area contributed by atoms with Gasteiger partial charge in [0.2, 0.25) is 0 Å². The number of rotatable bonds is 6. The lowest BCUT2D eigenvalue weighted by Gasteiger charge is -2.08. The summed E-state index contributed by atoms with van der Waals surface area (Å²) in [6.07, 6.45) is 2.59. The SMILES string of the molecule is CCCCOc1ccc(C(=O)CC)cc1Cl. The van der Waals surface area contributed by atoms with Crippen molar-refractivity contribution in [2.24, 2.45) is 0 Å². The molecule has 1 rings (SSSR count). The number of carbonyl (C=O) groups is 1. The van der Waals surface area contributed by atoms with Gasteiger partial charge in [-0.3, -0.25) is 4.79 Å². The molecule has 0 aliphatic heterocycles. The summed E-state index contributed by atoms with van der Waals surface area (Å²) >= 11 is 6.03. The molecule has 0 aliphatic rings. The second-order valence-electron chi connectivity index (χ2n) is 3.62. The van der Waals surface area contributed by atoms with E-state index in [0.717, 1.165) is 12.8 Å². The molecule has 3 heteroatoms. The van der Waals surface area contributed by atoms with E-state index in [4.69, 9.17) is 16.3 Å². The quantitative estimate of drug-likeness (QED) is 0.553. The molecule has 1 aromatic rings. The first-order valence-corrected chi connectivity index (χ1v) is 6.02. The molecule has 0 unspecified atom stereocenters. The first-order chi connectivity index (χ1) is 7.69. The maximum atomic E-state index is 11.4. The van der Waals surface area contributed by atoms with Crippen LogP contribution >= 0.6 is 11.6 Å². The van der Waals surface area contributed by atoms with Gasteiger partial charge in [0.05, 0.1) is 11.6 Å². The van der Waals surface area contributed by atoms with E-state index >= 15 is 0 Å². The number of hydrogen-bond acceptors (Lipinski definition) is 2. The molecule has 0 spiro atoms. The predicted molar refractivity (Wildman–Crippen MR) is 66.5 cm³/mol. The van der Waals surface area contributed by atoms with Gasteiger partial charge in [0.25, 0.3) is 0 Å². The summed E-state index contributed by atoms with van der Waals surface area (Å²) in [5, 5.41) is 0.510. The first kappa shape index (κ1) is 13.0. The normalized spacial score (nSPS) is 10.2. The van der Waals surface area contributed by atoms with Crippen LogP contribution in [0.4, 0.5) is 0 Å². The van der Waals surface area contributed by atoms with Gasteiger partial charge in [-0.05, 0) is 24.6 Å². The molecule has 0 amide bonds. The maximum absolute atomic E-state index is 11.4. The lowest BCUT2D eigenvalue weighted by Crippen LogP contribution is -2.00. The Morgan fingerprint density at radius 3 is 2.69 bits per heavy atom. The van der Waals surface area contributed by atoms with Crippen LogP contribution in [-0.4, -0.2) is 12.4 Å². The number of halogens is 1. The molecule has 0 saturated heterocycles. The van der Waals surface area contributed by atoms with Crippen LogP contribution in [0.25, 0.3) is 0 Å². The summed E-state index contributed by atoms with van der Waals surface area (Å²) in [6.45, 7) is 4.60. The summed E-state index contributed by atoms with van der Waals surface area (Å²) < 4.78 is 5.50. The fourth-order valence-electron chi connectivity index (χ4n) is 1.32. The molecule has 0 saturated carbocycles. The van der Waals surface area contributed by atoms with Crippen molar-refractivity contribution in [2.45, 2.75) is 33.1 Å². The molecule has 0 aromatic heterocycles. The number of ether oxygens (including phenoxy) is 1. The lowest BCUT2D eigenvalue weighted by atomic mass is 10.1. The zero-order valence-electron chi connectivity index (χ0n) is 9.75. The third-order valence-electron chi connectivity index (χ3n) is 2.33.